The van der Waals surface area contributed by atoms with Gasteiger partial charge in [0.1, 0.15) is 6.61 Å². The summed E-state index contributed by atoms with van der Waals surface area (Å²) in [4.78, 5) is 26.6. The highest BCUT2D eigenvalue weighted by Crippen LogP contribution is 2.31. The lowest BCUT2D eigenvalue weighted by Crippen LogP contribution is -2.41. The second-order valence-corrected chi connectivity index (χ2v) is 7.08. The minimum atomic E-state index is -0.238. The number of likely N-dealkylation sites (N-methyl/N-ethyl adjacent to an activating group) is 1. The molecule has 0 saturated heterocycles. The van der Waals surface area contributed by atoms with Gasteiger partial charge in [0.15, 0.2) is 17.6 Å². The van der Waals surface area contributed by atoms with E-state index in [0.29, 0.717) is 35.7 Å². The van der Waals surface area contributed by atoms with Gasteiger partial charge in [-0.25, -0.2) is 0 Å². The van der Waals surface area contributed by atoms with Crippen molar-refractivity contribution in [2.45, 2.75) is 6.10 Å². The first-order valence-electron chi connectivity index (χ1n) is 9.70. The monoisotopic (exact) mass is 402 g/mol. The third-order valence-corrected chi connectivity index (χ3v) is 4.82. The molecule has 1 aliphatic heterocycles. The molecule has 3 aromatic rings. The smallest absolute Gasteiger partial charge is 0.255 e. The first-order valence-corrected chi connectivity index (χ1v) is 9.70. The van der Waals surface area contributed by atoms with Crippen LogP contribution in [-0.4, -0.2) is 43.0 Å². The van der Waals surface area contributed by atoms with E-state index in [9.17, 15) is 9.59 Å². The third kappa shape index (κ3) is 4.43. The number of rotatable bonds is 5. The minimum absolute atomic E-state index is 0.126. The van der Waals surface area contributed by atoms with Gasteiger partial charge in [-0.15, -0.1) is 0 Å². The van der Waals surface area contributed by atoms with Gasteiger partial charge in [-0.3, -0.25) is 9.59 Å². The van der Waals surface area contributed by atoms with Gasteiger partial charge in [0.25, 0.3) is 11.8 Å². The molecule has 0 fully saturated rings. The molecule has 0 saturated carbocycles. The minimum Gasteiger partial charge on any atom is -0.486 e. The average Bonchev–Trinajstić information content (AvgIpc) is 2.79. The zero-order chi connectivity index (χ0) is 20.9. The van der Waals surface area contributed by atoms with Crippen LogP contribution in [0.3, 0.4) is 0 Å². The molecule has 30 heavy (non-hydrogen) atoms. The SMILES string of the molecule is CN(CC1COc2ccccc2O1)C(=O)c1ccc(NC(=O)c2ccccc2)cc1. The largest absolute Gasteiger partial charge is 0.486 e. The van der Waals surface area contributed by atoms with Crippen molar-refractivity contribution >= 4 is 17.5 Å². The topological polar surface area (TPSA) is 67.9 Å². The number of nitrogens with one attached hydrogen (secondary N) is 1. The van der Waals surface area contributed by atoms with Crippen molar-refractivity contribution in [3.05, 3.63) is 90.0 Å². The van der Waals surface area contributed by atoms with Crippen molar-refractivity contribution in [3.63, 3.8) is 0 Å². The number of ether oxygens (including phenoxy) is 2. The van der Waals surface area contributed by atoms with E-state index in [1.807, 2.05) is 42.5 Å². The molecule has 0 aromatic heterocycles. The Morgan fingerprint density at radius 3 is 2.30 bits per heavy atom. The van der Waals surface area contributed by atoms with Gasteiger partial charge in [0, 0.05) is 23.9 Å². The summed E-state index contributed by atoms with van der Waals surface area (Å²) in [6, 6.07) is 23.3. The molecule has 4 rings (SSSR count). The number of fused-ring (bicyclic) bond motifs is 1. The van der Waals surface area contributed by atoms with E-state index in [-0.39, 0.29) is 17.9 Å². The van der Waals surface area contributed by atoms with Crippen LogP contribution in [0.2, 0.25) is 0 Å². The Bertz CT molecular complexity index is 1030. The van der Waals surface area contributed by atoms with Crippen molar-refractivity contribution in [2.75, 3.05) is 25.5 Å². The lowest BCUT2D eigenvalue weighted by atomic mass is 10.1. The highest BCUT2D eigenvalue weighted by atomic mass is 16.6. The predicted molar refractivity (Wildman–Crippen MR) is 114 cm³/mol. The number of benzene rings is 3. The molecular weight excluding hydrogens is 380 g/mol. The summed E-state index contributed by atoms with van der Waals surface area (Å²) < 4.78 is 11.6. The molecular formula is C24H22N2O4. The van der Waals surface area contributed by atoms with Crippen LogP contribution in [0, 0.1) is 0 Å². The molecule has 6 heteroatoms. The molecule has 0 aliphatic carbocycles. The molecule has 6 nitrogen and oxygen atoms in total. The fourth-order valence-electron chi connectivity index (χ4n) is 3.25. The fourth-order valence-corrected chi connectivity index (χ4v) is 3.25. The molecule has 1 atom stereocenters. The quantitative estimate of drug-likeness (QED) is 0.704. The van der Waals surface area contributed by atoms with E-state index in [1.165, 1.54) is 0 Å². The summed E-state index contributed by atoms with van der Waals surface area (Å²) in [5, 5.41) is 2.83. The van der Waals surface area contributed by atoms with Gasteiger partial charge in [-0.1, -0.05) is 30.3 Å². The van der Waals surface area contributed by atoms with E-state index >= 15 is 0 Å². The maximum Gasteiger partial charge on any atom is 0.255 e. The van der Waals surface area contributed by atoms with Crippen molar-refractivity contribution < 1.29 is 19.1 Å². The number of amides is 2. The molecule has 0 spiro atoms. The van der Waals surface area contributed by atoms with Crippen LogP contribution in [0.5, 0.6) is 11.5 Å². The van der Waals surface area contributed by atoms with Crippen molar-refractivity contribution in [3.8, 4) is 11.5 Å². The number of nitrogens with zero attached hydrogens (tertiary/aromatic N) is 1. The lowest BCUT2D eigenvalue weighted by molar-refractivity contribution is 0.0521. The maximum atomic E-state index is 12.8. The van der Waals surface area contributed by atoms with Crippen LogP contribution in [0.15, 0.2) is 78.9 Å². The molecule has 1 aliphatic rings. The Balaban J connectivity index is 1.35. The predicted octanol–water partition coefficient (Wildman–Crippen LogP) is 3.85. The van der Waals surface area contributed by atoms with E-state index < -0.39 is 0 Å². The zero-order valence-electron chi connectivity index (χ0n) is 16.6. The molecule has 3 aromatic carbocycles. The number of hydrogen-bond acceptors (Lipinski definition) is 4. The van der Waals surface area contributed by atoms with Crippen LogP contribution < -0.4 is 14.8 Å². The summed E-state index contributed by atoms with van der Waals surface area (Å²) in [5.74, 6) is 1.09. The van der Waals surface area contributed by atoms with E-state index in [0.717, 1.165) is 5.75 Å². The molecule has 1 unspecified atom stereocenters. The van der Waals surface area contributed by atoms with Crippen LogP contribution in [0.25, 0.3) is 0 Å². The van der Waals surface area contributed by atoms with Crippen LogP contribution in [0.1, 0.15) is 20.7 Å². The summed E-state index contributed by atoms with van der Waals surface area (Å²) >= 11 is 0. The van der Waals surface area contributed by atoms with Crippen LogP contribution in [-0.2, 0) is 0 Å². The van der Waals surface area contributed by atoms with Gasteiger partial charge in [0.05, 0.1) is 6.54 Å². The molecule has 2 amide bonds. The summed E-state index contributed by atoms with van der Waals surface area (Å²) in [5.41, 5.74) is 1.74. The second kappa shape index (κ2) is 8.69. The Hall–Kier alpha value is -3.80. The molecule has 152 valence electrons. The second-order valence-electron chi connectivity index (χ2n) is 7.08. The number of carbonyl (C=O) groups is 2. The average molecular weight is 402 g/mol. The van der Waals surface area contributed by atoms with E-state index in [2.05, 4.69) is 5.32 Å². The molecule has 1 N–H and O–H groups in total. The van der Waals surface area contributed by atoms with Crippen molar-refractivity contribution in [2.24, 2.45) is 0 Å². The normalized spacial score (nSPS) is 14.6. The highest BCUT2D eigenvalue weighted by molar-refractivity contribution is 6.04. The Kier molecular flexibility index (Phi) is 5.66. The number of para-hydroxylation sites is 2. The first-order chi connectivity index (χ1) is 14.6. The number of carbonyl (C=O) groups excluding carboxylic acids is 2. The van der Waals surface area contributed by atoms with Crippen LogP contribution in [0.4, 0.5) is 5.69 Å². The summed E-state index contributed by atoms with van der Waals surface area (Å²) in [6.07, 6.45) is -0.238. The van der Waals surface area contributed by atoms with Gasteiger partial charge < -0.3 is 19.7 Å². The maximum absolute atomic E-state index is 12.8. The van der Waals surface area contributed by atoms with Crippen molar-refractivity contribution in [1.29, 1.82) is 0 Å². The van der Waals surface area contributed by atoms with Gasteiger partial charge in [-0.2, -0.15) is 0 Å². The first kappa shape index (κ1) is 19.5. The zero-order valence-corrected chi connectivity index (χ0v) is 16.6. The Morgan fingerprint density at radius 2 is 1.57 bits per heavy atom. The van der Waals surface area contributed by atoms with E-state index in [1.54, 1.807) is 48.3 Å². The third-order valence-electron chi connectivity index (χ3n) is 4.82. The van der Waals surface area contributed by atoms with Gasteiger partial charge >= 0.3 is 0 Å². The number of anilines is 1. The Morgan fingerprint density at radius 1 is 0.900 bits per heavy atom. The van der Waals surface area contributed by atoms with Crippen LogP contribution >= 0.6 is 0 Å². The summed E-state index contributed by atoms with van der Waals surface area (Å²) in [7, 11) is 1.73. The lowest BCUT2D eigenvalue weighted by Gasteiger charge is -2.29. The highest BCUT2D eigenvalue weighted by Gasteiger charge is 2.24. The number of hydrogen-bond donors (Lipinski definition) is 1. The molecule has 0 radical (unpaired) electrons. The fraction of sp³-hybridized carbons (Fsp3) is 0.167. The van der Waals surface area contributed by atoms with Gasteiger partial charge in [-0.05, 0) is 48.5 Å². The Labute approximate surface area is 175 Å². The van der Waals surface area contributed by atoms with Crippen molar-refractivity contribution in [1.82, 2.24) is 4.90 Å². The van der Waals surface area contributed by atoms with E-state index in [4.69, 9.17) is 9.47 Å². The van der Waals surface area contributed by atoms with Gasteiger partial charge in [0.2, 0.25) is 0 Å². The standard InChI is InChI=1S/C24H22N2O4/c1-26(15-20-16-29-21-9-5-6-10-22(21)30-20)24(28)18-11-13-19(14-12-18)25-23(27)17-7-3-2-4-8-17/h2-14,20H,15-16H2,1H3,(H,25,27). The molecule has 1 heterocycles. The summed E-state index contributed by atoms with van der Waals surface area (Å²) in [6.45, 7) is 0.790. The molecule has 0 bridgehead atoms.